The molecule has 0 bridgehead atoms. The Balaban J connectivity index is 1.64. The van der Waals surface area contributed by atoms with E-state index >= 15 is 0 Å². The molecule has 7 heteroatoms. The van der Waals surface area contributed by atoms with Crippen LogP contribution in [0.3, 0.4) is 0 Å². The Hall–Kier alpha value is -2.96. The molecule has 1 aliphatic rings. The maximum absolute atomic E-state index is 12.8. The highest BCUT2D eigenvalue weighted by atomic mass is 16.5. The number of nitrogens with zero attached hydrogens (tertiary/aromatic N) is 3. The third-order valence-electron chi connectivity index (χ3n) is 5.51. The van der Waals surface area contributed by atoms with Crippen LogP contribution in [-0.2, 0) is 14.3 Å². The SMILES string of the molecule is CCOC(=O)C(CC)C(=O)N1CCC(c2nccc(-c3ccc(OC)cc3)n2)CC1. The number of hydrogen-bond donors (Lipinski definition) is 0. The molecular weight excluding hydrogens is 382 g/mol. The number of ether oxygens (including phenoxy) is 2. The highest BCUT2D eigenvalue weighted by Gasteiger charge is 2.33. The Labute approximate surface area is 177 Å². The quantitative estimate of drug-likeness (QED) is 0.513. The Morgan fingerprint density at radius 1 is 1.13 bits per heavy atom. The van der Waals surface area contributed by atoms with Crippen molar-refractivity contribution in [1.29, 1.82) is 0 Å². The summed E-state index contributed by atoms with van der Waals surface area (Å²) in [5.41, 5.74) is 1.88. The summed E-state index contributed by atoms with van der Waals surface area (Å²) < 4.78 is 10.3. The minimum absolute atomic E-state index is 0.137. The molecule has 160 valence electrons. The molecule has 0 aliphatic carbocycles. The lowest BCUT2D eigenvalue weighted by atomic mass is 9.94. The third-order valence-corrected chi connectivity index (χ3v) is 5.51. The molecule has 1 aromatic carbocycles. The van der Waals surface area contributed by atoms with E-state index in [1.165, 1.54) is 0 Å². The molecule has 1 aromatic heterocycles. The predicted octanol–water partition coefficient (Wildman–Crippen LogP) is 3.45. The van der Waals surface area contributed by atoms with Gasteiger partial charge < -0.3 is 14.4 Å². The second-order valence-corrected chi connectivity index (χ2v) is 7.34. The van der Waals surface area contributed by atoms with E-state index in [2.05, 4.69) is 4.98 Å². The Morgan fingerprint density at radius 3 is 2.43 bits per heavy atom. The summed E-state index contributed by atoms with van der Waals surface area (Å²) in [6, 6.07) is 9.68. The molecule has 1 fully saturated rings. The number of aromatic nitrogens is 2. The van der Waals surface area contributed by atoms with Gasteiger partial charge in [0, 0.05) is 30.8 Å². The maximum Gasteiger partial charge on any atom is 0.318 e. The van der Waals surface area contributed by atoms with Crippen LogP contribution < -0.4 is 4.74 Å². The van der Waals surface area contributed by atoms with Gasteiger partial charge in [0.05, 0.1) is 19.4 Å². The Bertz CT molecular complexity index is 861. The fraction of sp³-hybridized carbons (Fsp3) is 0.478. The molecule has 3 rings (SSSR count). The van der Waals surface area contributed by atoms with Crippen LogP contribution in [0.5, 0.6) is 5.75 Å². The average molecular weight is 412 g/mol. The monoisotopic (exact) mass is 411 g/mol. The number of carbonyl (C=O) groups excluding carboxylic acids is 2. The molecule has 1 aliphatic heterocycles. The molecule has 0 radical (unpaired) electrons. The summed E-state index contributed by atoms with van der Waals surface area (Å²) in [7, 11) is 1.64. The van der Waals surface area contributed by atoms with E-state index in [-0.39, 0.29) is 18.4 Å². The number of piperidine rings is 1. The van der Waals surface area contributed by atoms with Gasteiger partial charge in [0.25, 0.3) is 0 Å². The van der Waals surface area contributed by atoms with Crippen LogP contribution >= 0.6 is 0 Å². The number of carbonyl (C=O) groups is 2. The number of benzene rings is 1. The van der Waals surface area contributed by atoms with Crippen LogP contribution in [0.4, 0.5) is 0 Å². The summed E-state index contributed by atoms with van der Waals surface area (Å²) in [5.74, 6) is 0.516. The van der Waals surface area contributed by atoms with Crippen LogP contribution in [0.15, 0.2) is 36.5 Å². The lowest BCUT2D eigenvalue weighted by Gasteiger charge is -2.33. The van der Waals surface area contributed by atoms with Crippen LogP contribution in [0.1, 0.15) is 44.9 Å². The molecule has 2 heterocycles. The number of methoxy groups -OCH3 is 1. The van der Waals surface area contributed by atoms with E-state index in [1.54, 1.807) is 25.1 Å². The smallest absolute Gasteiger partial charge is 0.318 e. The number of rotatable bonds is 7. The largest absolute Gasteiger partial charge is 0.497 e. The number of hydrogen-bond acceptors (Lipinski definition) is 6. The first kappa shape index (κ1) is 21.7. The van der Waals surface area contributed by atoms with Gasteiger partial charge in [-0.25, -0.2) is 9.97 Å². The Kier molecular flexibility index (Phi) is 7.38. The molecule has 0 saturated carbocycles. The van der Waals surface area contributed by atoms with Gasteiger partial charge in [-0.1, -0.05) is 6.92 Å². The zero-order chi connectivity index (χ0) is 21.5. The van der Waals surface area contributed by atoms with Gasteiger partial charge >= 0.3 is 5.97 Å². The van der Waals surface area contributed by atoms with E-state index in [4.69, 9.17) is 14.5 Å². The zero-order valence-electron chi connectivity index (χ0n) is 17.8. The first-order valence-corrected chi connectivity index (χ1v) is 10.5. The highest BCUT2D eigenvalue weighted by molar-refractivity contribution is 5.97. The van der Waals surface area contributed by atoms with E-state index in [0.717, 1.165) is 35.7 Å². The zero-order valence-corrected chi connectivity index (χ0v) is 17.8. The molecule has 30 heavy (non-hydrogen) atoms. The lowest BCUT2D eigenvalue weighted by Crippen LogP contribution is -2.44. The summed E-state index contributed by atoms with van der Waals surface area (Å²) in [6.07, 6.45) is 3.78. The van der Waals surface area contributed by atoms with Crippen molar-refractivity contribution < 1.29 is 19.1 Å². The van der Waals surface area contributed by atoms with Gasteiger partial charge in [-0.2, -0.15) is 0 Å². The summed E-state index contributed by atoms with van der Waals surface area (Å²) in [6.45, 7) is 5.06. The van der Waals surface area contributed by atoms with Gasteiger partial charge in [0.15, 0.2) is 0 Å². The Morgan fingerprint density at radius 2 is 1.83 bits per heavy atom. The third kappa shape index (κ3) is 4.96. The summed E-state index contributed by atoms with van der Waals surface area (Å²) in [5, 5.41) is 0. The van der Waals surface area contributed by atoms with Crippen molar-refractivity contribution in [2.45, 2.75) is 39.0 Å². The van der Waals surface area contributed by atoms with Gasteiger partial charge in [0.1, 0.15) is 17.5 Å². The summed E-state index contributed by atoms with van der Waals surface area (Å²) in [4.78, 5) is 35.8. The van der Waals surface area contributed by atoms with E-state index in [9.17, 15) is 9.59 Å². The number of likely N-dealkylation sites (tertiary alicyclic amines) is 1. The first-order chi connectivity index (χ1) is 14.6. The van der Waals surface area contributed by atoms with Crippen molar-refractivity contribution in [3.05, 3.63) is 42.4 Å². The highest BCUT2D eigenvalue weighted by Crippen LogP contribution is 2.28. The minimum Gasteiger partial charge on any atom is -0.497 e. The first-order valence-electron chi connectivity index (χ1n) is 10.5. The lowest BCUT2D eigenvalue weighted by molar-refractivity contribution is -0.156. The molecular formula is C23H29N3O4. The van der Waals surface area contributed by atoms with Gasteiger partial charge in [0.2, 0.25) is 5.91 Å². The van der Waals surface area contributed by atoms with Crippen LogP contribution in [0.2, 0.25) is 0 Å². The van der Waals surface area contributed by atoms with E-state index in [0.29, 0.717) is 19.5 Å². The van der Waals surface area contributed by atoms with Crippen LogP contribution in [0, 0.1) is 5.92 Å². The maximum atomic E-state index is 12.8. The number of esters is 1. The molecule has 0 N–H and O–H groups in total. The molecule has 1 amide bonds. The van der Waals surface area contributed by atoms with Crippen molar-refractivity contribution in [3.63, 3.8) is 0 Å². The van der Waals surface area contributed by atoms with Gasteiger partial charge in [-0.3, -0.25) is 9.59 Å². The number of amides is 1. The molecule has 7 nitrogen and oxygen atoms in total. The van der Waals surface area contributed by atoms with Crippen molar-refractivity contribution in [3.8, 4) is 17.0 Å². The van der Waals surface area contributed by atoms with Crippen molar-refractivity contribution in [1.82, 2.24) is 14.9 Å². The summed E-state index contributed by atoms with van der Waals surface area (Å²) >= 11 is 0. The molecule has 0 spiro atoms. The molecule has 2 aromatic rings. The minimum atomic E-state index is -0.712. The molecule has 1 unspecified atom stereocenters. The van der Waals surface area contributed by atoms with Crippen LogP contribution in [0.25, 0.3) is 11.3 Å². The second kappa shape index (κ2) is 10.2. The predicted molar refractivity (Wildman–Crippen MR) is 113 cm³/mol. The standard InChI is InChI=1S/C23H29N3O4/c1-4-19(23(28)30-5-2)22(27)26-14-11-17(12-15-26)21-24-13-10-20(25-21)16-6-8-18(29-3)9-7-16/h6-10,13,17,19H,4-5,11-12,14-15H2,1-3H3. The van der Waals surface area contributed by atoms with Gasteiger partial charge in [-0.15, -0.1) is 0 Å². The van der Waals surface area contributed by atoms with Crippen molar-refractivity contribution in [2.24, 2.45) is 5.92 Å². The average Bonchev–Trinajstić information content (AvgIpc) is 2.80. The second-order valence-electron chi connectivity index (χ2n) is 7.34. The van der Waals surface area contributed by atoms with E-state index < -0.39 is 11.9 Å². The van der Waals surface area contributed by atoms with E-state index in [1.807, 2.05) is 37.3 Å². The van der Waals surface area contributed by atoms with Crippen molar-refractivity contribution in [2.75, 3.05) is 26.8 Å². The topological polar surface area (TPSA) is 81.6 Å². The fourth-order valence-corrected chi connectivity index (χ4v) is 3.76. The molecule has 1 saturated heterocycles. The van der Waals surface area contributed by atoms with Gasteiger partial charge in [-0.05, 0) is 56.5 Å². The fourth-order valence-electron chi connectivity index (χ4n) is 3.76. The van der Waals surface area contributed by atoms with Crippen LogP contribution in [-0.4, -0.2) is 53.6 Å². The molecule has 1 atom stereocenters. The normalized spacial score (nSPS) is 15.5. The van der Waals surface area contributed by atoms with Crippen molar-refractivity contribution >= 4 is 11.9 Å².